The molecule has 0 aliphatic heterocycles. The zero-order chi connectivity index (χ0) is 26.4. The number of hydrogen-bond acceptors (Lipinski definition) is 5. The Hall–Kier alpha value is -1.78. The van der Waals surface area contributed by atoms with E-state index in [0.29, 0.717) is 38.3 Å². The highest BCUT2D eigenvalue weighted by Gasteiger charge is 2.36. The zero-order valence-electron chi connectivity index (χ0n) is 21.5. The number of hydrogen-bond donors (Lipinski definition) is 3. The van der Waals surface area contributed by atoms with Crippen LogP contribution in [0.2, 0.25) is 0 Å². The third kappa shape index (κ3) is 8.11. The topological polar surface area (TPSA) is 113 Å². The molecule has 3 rings (SSSR count). The van der Waals surface area contributed by atoms with E-state index in [2.05, 4.69) is 16.4 Å². The number of aliphatic hydroxyl groups is 1. The Kier molecular flexibility index (Phi) is 9.74. The van der Waals surface area contributed by atoms with Gasteiger partial charge < -0.3 is 5.11 Å². The van der Waals surface area contributed by atoms with E-state index >= 15 is 0 Å². The van der Waals surface area contributed by atoms with E-state index in [1.165, 1.54) is 0 Å². The van der Waals surface area contributed by atoms with Gasteiger partial charge in [-0.1, -0.05) is 61.5 Å². The molecule has 0 amide bonds. The summed E-state index contributed by atoms with van der Waals surface area (Å²) in [4.78, 5) is 0. The van der Waals surface area contributed by atoms with E-state index in [0.717, 1.165) is 29.5 Å². The van der Waals surface area contributed by atoms with Crippen molar-refractivity contribution >= 4 is 20.0 Å². The number of benzene rings is 2. The van der Waals surface area contributed by atoms with Crippen molar-refractivity contribution in [2.45, 2.75) is 69.5 Å². The van der Waals surface area contributed by atoms with Gasteiger partial charge in [0.1, 0.15) is 0 Å². The molecule has 1 fully saturated rings. The molecule has 0 aromatic heterocycles. The van der Waals surface area contributed by atoms with Crippen LogP contribution >= 0.6 is 0 Å². The van der Waals surface area contributed by atoms with E-state index in [-0.39, 0.29) is 11.7 Å². The van der Waals surface area contributed by atoms with Gasteiger partial charge in [-0.3, -0.25) is 0 Å². The van der Waals surface area contributed by atoms with Gasteiger partial charge in [0.2, 0.25) is 20.0 Å². The standard InChI is InChI=1S/C27H40N2O5S2/c1-21(2)36(33,34)29-19-22(3)25-13-16-27(30,17-14-25)26-11-9-23(10-12-26)15-18-28-35(31,32)20-24-7-5-4-6-8-24/h4-12,21-22,25,28-30H,13-20H2,1-3H3. The first-order chi connectivity index (χ1) is 16.9. The SMILES string of the molecule is CC(CNS(=O)(=O)C(C)C)C1CCC(O)(c2ccc(CCNS(=O)(=O)Cc3ccccc3)cc2)CC1. The van der Waals surface area contributed by atoms with Crippen LogP contribution in [0.5, 0.6) is 0 Å². The first-order valence-corrected chi connectivity index (χ1v) is 15.9. The quantitative estimate of drug-likeness (QED) is 0.383. The summed E-state index contributed by atoms with van der Waals surface area (Å²) >= 11 is 0. The maximum Gasteiger partial charge on any atom is 0.215 e. The predicted octanol–water partition coefficient (Wildman–Crippen LogP) is 3.69. The summed E-state index contributed by atoms with van der Waals surface area (Å²) in [6, 6.07) is 16.9. The maximum absolute atomic E-state index is 12.3. The van der Waals surface area contributed by atoms with Crippen LogP contribution in [0.15, 0.2) is 54.6 Å². The van der Waals surface area contributed by atoms with Gasteiger partial charge >= 0.3 is 0 Å². The minimum atomic E-state index is -3.40. The van der Waals surface area contributed by atoms with Crippen LogP contribution in [0.4, 0.5) is 0 Å². The van der Waals surface area contributed by atoms with Crippen molar-refractivity contribution in [2.24, 2.45) is 11.8 Å². The van der Waals surface area contributed by atoms with Crippen molar-refractivity contribution in [3.63, 3.8) is 0 Å². The van der Waals surface area contributed by atoms with E-state index < -0.39 is 30.9 Å². The van der Waals surface area contributed by atoms with Gasteiger partial charge in [0.25, 0.3) is 0 Å². The molecule has 0 spiro atoms. The molecule has 1 saturated carbocycles. The Balaban J connectivity index is 1.47. The van der Waals surface area contributed by atoms with Crippen LogP contribution in [0.25, 0.3) is 0 Å². The minimum Gasteiger partial charge on any atom is -0.385 e. The van der Waals surface area contributed by atoms with Crippen LogP contribution in [0.3, 0.4) is 0 Å². The monoisotopic (exact) mass is 536 g/mol. The van der Waals surface area contributed by atoms with Crippen molar-refractivity contribution in [1.29, 1.82) is 0 Å². The molecule has 1 atom stereocenters. The van der Waals surface area contributed by atoms with Gasteiger partial charge in [-0.25, -0.2) is 26.3 Å². The highest BCUT2D eigenvalue weighted by molar-refractivity contribution is 7.90. The lowest BCUT2D eigenvalue weighted by Gasteiger charge is -2.38. The summed E-state index contributed by atoms with van der Waals surface area (Å²) in [5.74, 6) is 0.530. The molecule has 1 unspecified atom stereocenters. The molecular weight excluding hydrogens is 496 g/mol. The average molecular weight is 537 g/mol. The first kappa shape index (κ1) is 28.8. The third-order valence-corrected chi connectivity index (χ3v) is 10.5. The maximum atomic E-state index is 12.3. The summed E-state index contributed by atoms with van der Waals surface area (Å²) in [6.07, 6.45) is 3.52. The van der Waals surface area contributed by atoms with Crippen LogP contribution < -0.4 is 9.44 Å². The molecule has 0 heterocycles. The smallest absolute Gasteiger partial charge is 0.215 e. The summed E-state index contributed by atoms with van der Waals surface area (Å²) in [5.41, 5.74) is 1.75. The second kappa shape index (κ2) is 12.2. The van der Waals surface area contributed by atoms with Gasteiger partial charge in [-0.05, 0) is 74.5 Å². The fourth-order valence-electron chi connectivity index (χ4n) is 4.73. The first-order valence-electron chi connectivity index (χ1n) is 12.7. The Morgan fingerprint density at radius 1 is 0.889 bits per heavy atom. The number of rotatable bonds is 12. The fourth-order valence-corrected chi connectivity index (χ4v) is 6.71. The largest absolute Gasteiger partial charge is 0.385 e. The molecule has 2 aromatic carbocycles. The molecule has 0 saturated heterocycles. The van der Waals surface area contributed by atoms with Gasteiger partial charge in [-0.15, -0.1) is 0 Å². The Labute approximate surface area is 216 Å². The fraction of sp³-hybridized carbons (Fsp3) is 0.556. The molecular formula is C27H40N2O5S2. The van der Waals surface area contributed by atoms with E-state index in [4.69, 9.17) is 0 Å². The number of nitrogens with one attached hydrogen (secondary N) is 2. The molecule has 1 aliphatic carbocycles. The zero-order valence-corrected chi connectivity index (χ0v) is 23.1. The molecule has 36 heavy (non-hydrogen) atoms. The third-order valence-electron chi connectivity index (χ3n) is 7.32. The molecule has 3 N–H and O–H groups in total. The van der Waals surface area contributed by atoms with Gasteiger partial charge in [0.05, 0.1) is 16.6 Å². The van der Waals surface area contributed by atoms with Crippen LogP contribution in [0.1, 0.15) is 63.1 Å². The van der Waals surface area contributed by atoms with Crippen LogP contribution in [0, 0.1) is 11.8 Å². The molecule has 0 radical (unpaired) electrons. The molecule has 9 heteroatoms. The van der Waals surface area contributed by atoms with E-state index in [1.54, 1.807) is 26.0 Å². The van der Waals surface area contributed by atoms with Gasteiger partial charge in [-0.2, -0.15) is 0 Å². The van der Waals surface area contributed by atoms with Crippen molar-refractivity contribution < 1.29 is 21.9 Å². The van der Waals surface area contributed by atoms with Crippen LogP contribution in [-0.4, -0.2) is 40.3 Å². The second-order valence-corrected chi connectivity index (χ2v) is 14.5. The van der Waals surface area contributed by atoms with Gasteiger partial charge in [0.15, 0.2) is 0 Å². The highest BCUT2D eigenvalue weighted by Crippen LogP contribution is 2.41. The predicted molar refractivity (Wildman–Crippen MR) is 144 cm³/mol. The molecule has 2 aromatic rings. The summed E-state index contributed by atoms with van der Waals surface area (Å²) in [7, 11) is -6.67. The van der Waals surface area contributed by atoms with Crippen molar-refractivity contribution in [3.05, 3.63) is 71.3 Å². The summed E-state index contributed by atoms with van der Waals surface area (Å²) in [5, 5.41) is 10.8. The number of sulfonamides is 2. The summed E-state index contributed by atoms with van der Waals surface area (Å²) < 4.78 is 54.1. The Morgan fingerprint density at radius 2 is 1.50 bits per heavy atom. The minimum absolute atomic E-state index is 0.0387. The molecule has 1 aliphatic rings. The average Bonchev–Trinajstić information content (AvgIpc) is 2.83. The lowest BCUT2D eigenvalue weighted by atomic mass is 9.71. The van der Waals surface area contributed by atoms with Crippen LogP contribution in [-0.2, 0) is 37.8 Å². The Bertz CT molecular complexity index is 1170. The normalized spacial score (nSPS) is 22.0. The molecule has 7 nitrogen and oxygen atoms in total. The van der Waals surface area contributed by atoms with E-state index in [9.17, 15) is 21.9 Å². The lowest BCUT2D eigenvalue weighted by Crippen LogP contribution is -2.38. The molecule has 200 valence electrons. The van der Waals surface area contributed by atoms with Crippen molar-refractivity contribution in [2.75, 3.05) is 13.1 Å². The van der Waals surface area contributed by atoms with Crippen molar-refractivity contribution in [1.82, 2.24) is 9.44 Å². The summed E-state index contributed by atoms with van der Waals surface area (Å²) in [6.45, 7) is 6.15. The highest BCUT2D eigenvalue weighted by atomic mass is 32.2. The van der Waals surface area contributed by atoms with E-state index in [1.807, 2.05) is 42.5 Å². The van der Waals surface area contributed by atoms with Gasteiger partial charge in [0, 0.05) is 13.1 Å². The second-order valence-electron chi connectivity index (χ2n) is 10.4. The Morgan fingerprint density at radius 3 is 2.08 bits per heavy atom. The lowest BCUT2D eigenvalue weighted by molar-refractivity contribution is -0.0207. The molecule has 0 bridgehead atoms. The van der Waals surface area contributed by atoms with Crippen molar-refractivity contribution in [3.8, 4) is 0 Å².